The lowest BCUT2D eigenvalue weighted by molar-refractivity contribution is -0.0491. The molecule has 0 bridgehead atoms. The molecule has 3 N–H and O–H groups in total. The van der Waals surface area contributed by atoms with Gasteiger partial charge in [-0.05, 0) is 26.0 Å². The van der Waals surface area contributed by atoms with Crippen molar-refractivity contribution >= 4 is 11.8 Å². The fraction of sp³-hybridized carbons (Fsp3) is 0.571. The van der Waals surface area contributed by atoms with Gasteiger partial charge in [0, 0.05) is 24.8 Å². The normalized spacial score (nSPS) is 19.8. The Morgan fingerprint density at radius 3 is 3.10 bits per heavy atom. The lowest BCUT2D eigenvalue weighted by Crippen LogP contribution is -2.53. The van der Waals surface area contributed by atoms with Gasteiger partial charge in [0.05, 0.1) is 19.8 Å². The van der Waals surface area contributed by atoms with Crippen LogP contribution in [0.3, 0.4) is 0 Å². The summed E-state index contributed by atoms with van der Waals surface area (Å²) >= 11 is 0. The first-order valence-electron chi connectivity index (χ1n) is 6.89. The second-order valence-electron chi connectivity index (χ2n) is 5.46. The molecule has 0 spiro atoms. The topological polar surface area (TPSA) is 75.8 Å². The van der Waals surface area contributed by atoms with Gasteiger partial charge in [-0.1, -0.05) is 6.07 Å². The number of rotatable bonds is 4. The zero-order chi connectivity index (χ0) is 14.4. The van der Waals surface area contributed by atoms with Crippen LogP contribution in [0.5, 0.6) is 0 Å². The van der Waals surface area contributed by atoms with Crippen molar-refractivity contribution in [1.29, 1.82) is 0 Å². The van der Waals surface area contributed by atoms with Crippen LogP contribution in [0.25, 0.3) is 0 Å². The highest BCUT2D eigenvalue weighted by molar-refractivity contribution is 5.91. The summed E-state index contributed by atoms with van der Waals surface area (Å²) in [6.07, 6.45) is 1.71. The molecule has 1 saturated heterocycles. The third-order valence-electron chi connectivity index (χ3n) is 3.39. The van der Waals surface area contributed by atoms with E-state index in [1.165, 1.54) is 0 Å². The van der Waals surface area contributed by atoms with Crippen LogP contribution < -0.4 is 11.1 Å². The second-order valence-corrected chi connectivity index (χ2v) is 5.46. The van der Waals surface area contributed by atoms with Gasteiger partial charge in [-0.15, -0.1) is 0 Å². The van der Waals surface area contributed by atoms with Gasteiger partial charge in [0.15, 0.2) is 5.96 Å². The van der Waals surface area contributed by atoms with E-state index in [1.807, 2.05) is 18.2 Å². The molecule has 1 fully saturated rings. The molecule has 2 heterocycles. The number of pyridine rings is 1. The van der Waals surface area contributed by atoms with Crippen molar-refractivity contribution in [1.82, 2.24) is 9.88 Å². The van der Waals surface area contributed by atoms with Crippen LogP contribution in [0.2, 0.25) is 0 Å². The number of hydrogen-bond donors (Lipinski definition) is 2. The zero-order valence-corrected chi connectivity index (χ0v) is 12.2. The maximum Gasteiger partial charge on any atom is 0.194 e. The van der Waals surface area contributed by atoms with Gasteiger partial charge in [0.1, 0.15) is 5.82 Å². The van der Waals surface area contributed by atoms with Crippen molar-refractivity contribution in [2.75, 3.05) is 38.2 Å². The molecule has 1 aliphatic heterocycles. The Kier molecular flexibility index (Phi) is 4.92. The molecule has 20 heavy (non-hydrogen) atoms. The standard InChI is InChI=1S/C14H23N5O/c1-14(2)11-20-10-9-19(14)8-7-17-13(15)18-12-5-3-4-6-16-12/h3-6H,7-11H2,1-2H3,(H3,15,16,17,18). The highest BCUT2D eigenvalue weighted by Gasteiger charge is 2.29. The van der Waals surface area contributed by atoms with E-state index in [2.05, 4.69) is 34.0 Å². The van der Waals surface area contributed by atoms with Crippen molar-refractivity contribution in [3.63, 3.8) is 0 Å². The van der Waals surface area contributed by atoms with E-state index in [-0.39, 0.29) is 5.54 Å². The molecule has 1 aromatic heterocycles. The van der Waals surface area contributed by atoms with Crippen LogP contribution in [0, 0.1) is 0 Å². The van der Waals surface area contributed by atoms with E-state index in [0.717, 1.165) is 26.3 Å². The third-order valence-corrected chi connectivity index (χ3v) is 3.39. The Morgan fingerprint density at radius 1 is 1.55 bits per heavy atom. The monoisotopic (exact) mass is 277 g/mol. The molecular formula is C14H23N5O. The lowest BCUT2D eigenvalue weighted by Gasteiger charge is -2.41. The molecule has 6 nitrogen and oxygen atoms in total. The molecule has 0 radical (unpaired) electrons. The number of guanidine groups is 1. The predicted octanol–water partition coefficient (Wildman–Crippen LogP) is 0.919. The smallest absolute Gasteiger partial charge is 0.194 e. The van der Waals surface area contributed by atoms with Gasteiger partial charge >= 0.3 is 0 Å². The molecule has 0 aromatic carbocycles. The summed E-state index contributed by atoms with van der Waals surface area (Å²) in [4.78, 5) is 10.9. The maximum atomic E-state index is 5.84. The number of nitrogens with one attached hydrogen (secondary N) is 1. The first kappa shape index (κ1) is 14.7. The molecular weight excluding hydrogens is 254 g/mol. The van der Waals surface area contributed by atoms with Gasteiger partial charge in [-0.3, -0.25) is 9.89 Å². The molecule has 0 saturated carbocycles. The summed E-state index contributed by atoms with van der Waals surface area (Å²) in [5.74, 6) is 1.11. The number of nitrogens with zero attached hydrogens (tertiary/aromatic N) is 3. The van der Waals surface area contributed by atoms with Gasteiger partial charge in [0.25, 0.3) is 0 Å². The van der Waals surface area contributed by atoms with E-state index in [9.17, 15) is 0 Å². The van der Waals surface area contributed by atoms with Gasteiger partial charge in [-0.2, -0.15) is 0 Å². The van der Waals surface area contributed by atoms with E-state index in [0.29, 0.717) is 18.3 Å². The highest BCUT2D eigenvalue weighted by Crippen LogP contribution is 2.18. The molecule has 0 aliphatic carbocycles. The van der Waals surface area contributed by atoms with E-state index >= 15 is 0 Å². The quantitative estimate of drug-likeness (QED) is 0.632. The number of nitrogens with two attached hydrogens (primary N) is 1. The van der Waals surface area contributed by atoms with Gasteiger partial charge in [0.2, 0.25) is 0 Å². The summed E-state index contributed by atoms with van der Waals surface area (Å²) in [6, 6.07) is 5.62. The highest BCUT2D eigenvalue weighted by atomic mass is 16.5. The SMILES string of the molecule is CC1(C)COCCN1CCN=C(N)Nc1ccccn1. The molecule has 0 unspecified atom stereocenters. The van der Waals surface area contributed by atoms with E-state index in [4.69, 9.17) is 10.5 Å². The molecule has 110 valence electrons. The Hall–Kier alpha value is -1.66. The third kappa shape index (κ3) is 4.18. The summed E-state index contributed by atoms with van der Waals surface area (Å²) in [7, 11) is 0. The van der Waals surface area contributed by atoms with Crippen molar-refractivity contribution in [2.24, 2.45) is 10.7 Å². The average molecular weight is 277 g/mol. The first-order chi connectivity index (χ1) is 9.58. The molecule has 0 amide bonds. The summed E-state index contributed by atoms with van der Waals surface area (Å²) in [5, 5.41) is 2.97. The Labute approximate surface area is 120 Å². The fourth-order valence-corrected chi connectivity index (χ4v) is 2.20. The average Bonchev–Trinajstić information content (AvgIpc) is 2.41. The molecule has 1 aromatic rings. The number of morpholine rings is 1. The van der Waals surface area contributed by atoms with Gasteiger partial charge < -0.3 is 15.8 Å². The van der Waals surface area contributed by atoms with Crippen LogP contribution in [-0.2, 0) is 4.74 Å². The van der Waals surface area contributed by atoms with Crippen molar-refractivity contribution < 1.29 is 4.74 Å². The summed E-state index contributed by atoms with van der Waals surface area (Å²) in [5.41, 5.74) is 5.91. The molecule has 0 atom stereocenters. The number of aliphatic imine (C=N–C) groups is 1. The zero-order valence-electron chi connectivity index (χ0n) is 12.2. The van der Waals surface area contributed by atoms with Crippen LogP contribution in [-0.4, -0.2) is 54.2 Å². The Balaban J connectivity index is 1.80. The lowest BCUT2D eigenvalue weighted by atomic mass is 10.0. The minimum absolute atomic E-state index is 0.0664. The summed E-state index contributed by atoms with van der Waals surface area (Å²) < 4.78 is 5.50. The number of ether oxygens (including phenoxy) is 1. The minimum Gasteiger partial charge on any atom is -0.378 e. The van der Waals surface area contributed by atoms with Crippen molar-refractivity contribution in [3.05, 3.63) is 24.4 Å². The van der Waals surface area contributed by atoms with E-state index < -0.39 is 0 Å². The molecule has 1 aliphatic rings. The molecule has 6 heteroatoms. The summed E-state index contributed by atoms with van der Waals surface area (Å²) in [6.45, 7) is 8.40. The predicted molar refractivity (Wildman–Crippen MR) is 80.8 cm³/mol. The first-order valence-corrected chi connectivity index (χ1v) is 6.89. The Bertz CT molecular complexity index is 446. The van der Waals surface area contributed by atoms with Crippen LogP contribution >= 0.6 is 0 Å². The van der Waals surface area contributed by atoms with Crippen molar-refractivity contribution in [3.8, 4) is 0 Å². The molecule has 2 rings (SSSR count). The fourth-order valence-electron chi connectivity index (χ4n) is 2.20. The van der Waals surface area contributed by atoms with Crippen LogP contribution in [0.15, 0.2) is 29.4 Å². The maximum absolute atomic E-state index is 5.84. The van der Waals surface area contributed by atoms with Gasteiger partial charge in [-0.25, -0.2) is 4.98 Å². The van der Waals surface area contributed by atoms with E-state index in [1.54, 1.807) is 6.20 Å². The van der Waals surface area contributed by atoms with Crippen LogP contribution in [0.4, 0.5) is 5.82 Å². The second kappa shape index (κ2) is 6.67. The Morgan fingerprint density at radius 2 is 2.40 bits per heavy atom. The minimum atomic E-state index is 0.0664. The number of anilines is 1. The number of hydrogen-bond acceptors (Lipinski definition) is 4. The number of aromatic nitrogens is 1. The van der Waals surface area contributed by atoms with Crippen LogP contribution in [0.1, 0.15) is 13.8 Å². The largest absolute Gasteiger partial charge is 0.378 e. The van der Waals surface area contributed by atoms with Crippen molar-refractivity contribution in [2.45, 2.75) is 19.4 Å².